The number of carbonyl (C=O) groups excluding carboxylic acids is 2. The Balaban J connectivity index is 4.48. The van der Waals surface area contributed by atoms with E-state index in [9.17, 15) is 19.8 Å². The summed E-state index contributed by atoms with van der Waals surface area (Å²) in [5, 5.41) is 23.7. The fourth-order valence-corrected chi connectivity index (χ4v) is 7.34. The maximum Gasteiger partial charge on any atom is 0.306 e. The van der Waals surface area contributed by atoms with E-state index in [0.29, 0.717) is 19.3 Å². The second-order valence-electron chi connectivity index (χ2n) is 16.8. The van der Waals surface area contributed by atoms with Crippen molar-refractivity contribution in [2.75, 3.05) is 6.61 Å². The molecular weight excluding hydrogens is 731 g/mol. The Labute approximate surface area is 365 Å². The van der Waals surface area contributed by atoms with Gasteiger partial charge in [-0.25, -0.2) is 0 Å². The monoisotopic (exact) mass is 826 g/mol. The first kappa shape index (κ1) is 56.6. The van der Waals surface area contributed by atoms with Crippen LogP contribution in [0.25, 0.3) is 0 Å². The van der Waals surface area contributed by atoms with Crippen LogP contribution in [0.3, 0.4) is 0 Å². The zero-order valence-electron chi connectivity index (χ0n) is 38.9. The van der Waals surface area contributed by atoms with Gasteiger partial charge >= 0.3 is 5.97 Å². The maximum absolute atomic E-state index is 13.1. The third-order valence-corrected chi connectivity index (χ3v) is 11.1. The number of hydrogen-bond donors (Lipinski definition) is 3. The number of hydrogen-bond acceptors (Lipinski definition) is 5. The Bertz CT molecular complexity index is 1060. The highest BCUT2D eigenvalue weighted by molar-refractivity contribution is 5.77. The number of rotatable bonds is 44. The van der Waals surface area contributed by atoms with Crippen LogP contribution in [0.5, 0.6) is 0 Å². The lowest BCUT2D eigenvalue weighted by Gasteiger charge is -2.24. The lowest BCUT2D eigenvalue weighted by Crippen LogP contribution is -2.46. The standard InChI is InChI=1S/C53H95NO5/c1-4-7-10-13-16-19-21-23-24-25-26-27-28-30-32-34-37-40-43-46-53(58)59-49(44-41-38-35-18-15-12-9-6-3)47-52(57)54-50(48-55)51(56)45-42-39-36-33-31-29-22-20-17-14-11-8-5-2/h7,10,16,19,23-24,26-27,30,32,49-51,55-56H,4-6,8-9,11-15,17-18,20-22,25,28-29,31,33-48H2,1-3H3,(H,54,57)/b10-7-,19-16-,24-23-,27-26-,32-30-. The van der Waals surface area contributed by atoms with E-state index in [1.165, 1.54) is 96.3 Å². The zero-order valence-corrected chi connectivity index (χ0v) is 38.9. The molecule has 0 radical (unpaired) electrons. The Hall–Kier alpha value is -2.44. The second-order valence-corrected chi connectivity index (χ2v) is 16.8. The summed E-state index contributed by atoms with van der Waals surface area (Å²) in [6.07, 6.45) is 57.1. The first-order chi connectivity index (χ1) is 29.0. The minimum atomic E-state index is -0.792. The van der Waals surface area contributed by atoms with Gasteiger partial charge in [0.2, 0.25) is 5.91 Å². The summed E-state index contributed by atoms with van der Waals surface area (Å²) >= 11 is 0. The van der Waals surface area contributed by atoms with Gasteiger partial charge in [-0.15, -0.1) is 0 Å². The molecule has 3 unspecified atom stereocenters. The molecule has 0 spiro atoms. The smallest absolute Gasteiger partial charge is 0.306 e. The molecule has 59 heavy (non-hydrogen) atoms. The highest BCUT2D eigenvalue weighted by Gasteiger charge is 2.24. The maximum atomic E-state index is 13.1. The molecule has 0 bridgehead atoms. The number of allylic oxidation sites excluding steroid dienone is 10. The van der Waals surface area contributed by atoms with Gasteiger partial charge in [0.05, 0.1) is 25.2 Å². The van der Waals surface area contributed by atoms with E-state index in [-0.39, 0.29) is 24.9 Å². The van der Waals surface area contributed by atoms with Gasteiger partial charge in [0.1, 0.15) is 6.10 Å². The minimum Gasteiger partial charge on any atom is -0.462 e. The molecular formula is C53H95NO5. The highest BCUT2D eigenvalue weighted by atomic mass is 16.5. The number of amides is 1. The van der Waals surface area contributed by atoms with Crippen LogP contribution in [-0.4, -0.2) is 46.9 Å². The lowest BCUT2D eigenvalue weighted by molar-refractivity contribution is -0.151. The molecule has 0 aliphatic heterocycles. The molecule has 0 rings (SSSR count). The Morgan fingerprint density at radius 1 is 0.508 bits per heavy atom. The van der Waals surface area contributed by atoms with Gasteiger partial charge in [-0.2, -0.15) is 0 Å². The molecule has 0 saturated carbocycles. The Kier molecular flexibility index (Phi) is 44.7. The highest BCUT2D eigenvalue weighted by Crippen LogP contribution is 2.17. The third-order valence-electron chi connectivity index (χ3n) is 11.1. The Morgan fingerprint density at radius 2 is 0.915 bits per heavy atom. The summed E-state index contributed by atoms with van der Waals surface area (Å²) in [5.41, 5.74) is 0. The van der Waals surface area contributed by atoms with Crippen molar-refractivity contribution in [3.05, 3.63) is 60.8 Å². The van der Waals surface area contributed by atoms with Crippen LogP contribution in [0.1, 0.15) is 239 Å². The van der Waals surface area contributed by atoms with Gasteiger partial charge in [-0.1, -0.05) is 216 Å². The van der Waals surface area contributed by atoms with E-state index in [4.69, 9.17) is 4.74 Å². The molecule has 0 aliphatic rings. The van der Waals surface area contributed by atoms with Crippen molar-refractivity contribution in [1.82, 2.24) is 5.32 Å². The fraction of sp³-hybridized carbons (Fsp3) is 0.774. The molecule has 1 amide bonds. The summed E-state index contributed by atoms with van der Waals surface area (Å²) in [7, 11) is 0. The van der Waals surface area contributed by atoms with E-state index in [1.54, 1.807) is 0 Å². The van der Waals surface area contributed by atoms with Crippen LogP contribution in [0.4, 0.5) is 0 Å². The number of unbranched alkanes of at least 4 members (excludes halogenated alkanes) is 22. The predicted octanol–water partition coefficient (Wildman–Crippen LogP) is 14.8. The van der Waals surface area contributed by atoms with E-state index < -0.39 is 18.2 Å². The van der Waals surface area contributed by atoms with E-state index in [2.05, 4.69) is 86.8 Å². The Morgan fingerprint density at radius 3 is 1.37 bits per heavy atom. The fourth-order valence-electron chi connectivity index (χ4n) is 7.34. The molecule has 0 aromatic rings. The minimum absolute atomic E-state index is 0.0638. The van der Waals surface area contributed by atoms with Gasteiger partial charge in [0.25, 0.3) is 0 Å². The van der Waals surface area contributed by atoms with Crippen LogP contribution in [0, 0.1) is 0 Å². The topological polar surface area (TPSA) is 95.9 Å². The molecule has 6 nitrogen and oxygen atoms in total. The van der Waals surface area contributed by atoms with Crippen molar-refractivity contribution in [2.45, 2.75) is 257 Å². The van der Waals surface area contributed by atoms with Crippen molar-refractivity contribution in [3.8, 4) is 0 Å². The van der Waals surface area contributed by atoms with Crippen LogP contribution < -0.4 is 5.32 Å². The van der Waals surface area contributed by atoms with Gasteiger partial charge in [0, 0.05) is 6.42 Å². The van der Waals surface area contributed by atoms with Gasteiger partial charge < -0.3 is 20.3 Å². The SMILES string of the molecule is CC/C=C\C/C=C\C/C=C\C/C=C\C/C=C\CCCCCC(=O)OC(CCCCCCCCCC)CC(=O)NC(CO)C(O)CCCCCCCCCCCCCCC. The van der Waals surface area contributed by atoms with E-state index in [1.807, 2.05) is 0 Å². The number of carbonyl (C=O) groups is 2. The normalized spacial score (nSPS) is 13.8. The first-order valence-corrected chi connectivity index (χ1v) is 25.0. The van der Waals surface area contributed by atoms with Crippen LogP contribution in [-0.2, 0) is 14.3 Å². The molecule has 0 saturated heterocycles. The number of esters is 1. The quantitative estimate of drug-likeness (QED) is 0.0323. The molecule has 0 aromatic heterocycles. The van der Waals surface area contributed by atoms with Gasteiger partial charge in [-0.3, -0.25) is 9.59 Å². The summed E-state index contributed by atoms with van der Waals surface area (Å²) < 4.78 is 5.89. The number of ether oxygens (including phenoxy) is 1. The molecule has 0 fully saturated rings. The molecule has 342 valence electrons. The van der Waals surface area contributed by atoms with E-state index in [0.717, 1.165) is 96.3 Å². The third kappa shape index (κ3) is 42.1. The van der Waals surface area contributed by atoms with Gasteiger partial charge in [-0.05, 0) is 70.6 Å². The summed E-state index contributed by atoms with van der Waals surface area (Å²) in [6.45, 7) is 6.34. The average Bonchev–Trinajstić information content (AvgIpc) is 3.23. The van der Waals surface area contributed by atoms with Crippen LogP contribution in [0.2, 0.25) is 0 Å². The summed E-state index contributed by atoms with van der Waals surface area (Å²) in [4.78, 5) is 26.0. The molecule has 0 aliphatic carbocycles. The number of aliphatic hydroxyl groups excluding tert-OH is 2. The molecule has 3 atom stereocenters. The number of nitrogens with one attached hydrogen (secondary N) is 1. The second kappa shape index (κ2) is 46.6. The number of aliphatic hydroxyl groups is 2. The average molecular weight is 826 g/mol. The molecule has 0 heterocycles. The zero-order chi connectivity index (χ0) is 43.1. The largest absolute Gasteiger partial charge is 0.462 e. The van der Waals surface area contributed by atoms with E-state index >= 15 is 0 Å². The lowest BCUT2D eigenvalue weighted by atomic mass is 10.0. The summed E-state index contributed by atoms with van der Waals surface area (Å²) in [6, 6.07) is -0.706. The van der Waals surface area contributed by atoms with Crippen molar-refractivity contribution < 1.29 is 24.5 Å². The van der Waals surface area contributed by atoms with Crippen molar-refractivity contribution in [3.63, 3.8) is 0 Å². The van der Waals surface area contributed by atoms with Gasteiger partial charge in [0.15, 0.2) is 0 Å². The predicted molar refractivity (Wildman–Crippen MR) is 255 cm³/mol. The molecule has 6 heteroatoms. The first-order valence-electron chi connectivity index (χ1n) is 25.0. The molecule has 0 aromatic carbocycles. The molecule has 3 N–H and O–H groups in total. The van der Waals surface area contributed by atoms with Crippen LogP contribution in [0.15, 0.2) is 60.8 Å². The van der Waals surface area contributed by atoms with Crippen LogP contribution >= 0.6 is 0 Å². The van der Waals surface area contributed by atoms with Crippen molar-refractivity contribution >= 4 is 11.9 Å². The van der Waals surface area contributed by atoms with Crippen molar-refractivity contribution in [1.29, 1.82) is 0 Å². The van der Waals surface area contributed by atoms with Crippen molar-refractivity contribution in [2.24, 2.45) is 0 Å². The summed E-state index contributed by atoms with van der Waals surface area (Å²) in [5.74, 6) is -0.513.